The molecule has 0 fully saturated rings. The van der Waals surface area contributed by atoms with E-state index in [0.29, 0.717) is 10.6 Å². The number of methoxy groups -OCH3 is 1. The van der Waals surface area contributed by atoms with Gasteiger partial charge in [0, 0.05) is 19.0 Å². The molecule has 110 valence electrons. The lowest BCUT2D eigenvalue weighted by atomic mass is 10.1. The molecule has 5 heteroatoms. The number of carbonyl (C=O) groups excluding carboxylic acids is 1. The van der Waals surface area contributed by atoms with E-state index in [9.17, 15) is 4.79 Å². The summed E-state index contributed by atoms with van der Waals surface area (Å²) < 4.78 is 4.68. The van der Waals surface area contributed by atoms with Gasteiger partial charge in [0.05, 0.1) is 17.7 Å². The van der Waals surface area contributed by atoms with Crippen LogP contribution in [0.25, 0.3) is 0 Å². The fourth-order valence-corrected chi connectivity index (χ4v) is 1.98. The van der Waals surface area contributed by atoms with Crippen LogP contribution in [0.1, 0.15) is 29.8 Å². The molecule has 1 aromatic carbocycles. The monoisotopic (exact) mass is 294 g/mol. The van der Waals surface area contributed by atoms with E-state index in [1.807, 2.05) is 19.1 Å². The van der Waals surface area contributed by atoms with Crippen molar-refractivity contribution in [1.29, 1.82) is 0 Å². The molecule has 0 spiro atoms. The van der Waals surface area contributed by atoms with Gasteiger partial charge >= 0.3 is 5.97 Å². The highest BCUT2D eigenvalue weighted by Gasteiger charge is 2.12. The van der Waals surface area contributed by atoms with Crippen molar-refractivity contribution in [2.75, 3.05) is 20.2 Å². The van der Waals surface area contributed by atoms with Crippen molar-refractivity contribution < 1.29 is 9.53 Å². The Morgan fingerprint density at radius 3 is 2.45 bits per heavy atom. The molecule has 1 unspecified atom stereocenters. The first-order valence-electron chi connectivity index (χ1n) is 6.66. The van der Waals surface area contributed by atoms with E-state index >= 15 is 0 Å². The minimum atomic E-state index is -0.314. The largest absolute Gasteiger partial charge is 0.465 e. The number of ether oxygens (including phenoxy) is 1. The minimum Gasteiger partial charge on any atom is -0.465 e. The lowest BCUT2D eigenvalue weighted by Gasteiger charge is -2.23. The van der Waals surface area contributed by atoms with Gasteiger partial charge in [-0.05, 0) is 24.2 Å². The predicted molar refractivity (Wildman–Crippen MR) is 84.7 cm³/mol. The lowest BCUT2D eigenvalue weighted by molar-refractivity contribution is 0.0600. The van der Waals surface area contributed by atoms with E-state index in [2.05, 4.69) is 16.6 Å². The van der Waals surface area contributed by atoms with Gasteiger partial charge in [-0.3, -0.25) is 4.90 Å². The molecule has 0 bridgehead atoms. The van der Waals surface area contributed by atoms with Crippen LogP contribution in [0.4, 0.5) is 0 Å². The van der Waals surface area contributed by atoms with Crippen molar-refractivity contribution in [1.82, 2.24) is 4.90 Å². The number of benzene rings is 1. The molecule has 0 amide bonds. The first kappa shape index (κ1) is 16.6. The van der Waals surface area contributed by atoms with Crippen molar-refractivity contribution in [2.24, 2.45) is 11.7 Å². The van der Waals surface area contributed by atoms with Crippen molar-refractivity contribution >= 4 is 23.2 Å². The molecule has 0 saturated heterocycles. The highest BCUT2D eigenvalue weighted by molar-refractivity contribution is 7.80. The van der Waals surface area contributed by atoms with Crippen LogP contribution in [0.5, 0.6) is 0 Å². The second-order valence-electron chi connectivity index (χ2n) is 4.82. The summed E-state index contributed by atoms with van der Waals surface area (Å²) in [6, 6.07) is 7.46. The average Bonchev–Trinajstić information content (AvgIpc) is 2.46. The smallest absolute Gasteiger partial charge is 0.337 e. The van der Waals surface area contributed by atoms with E-state index in [1.54, 1.807) is 12.1 Å². The lowest BCUT2D eigenvalue weighted by Crippen LogP contribution is -2.33. The number of nitrogens with two attached hydrogens (primary N) is 1. The van der Waals surface area contributed by atoms with Crippen molar-refractivity contribution in [3.63, 3.8) is 0 Å². The van der Waals surface area contributed by atoms with Crippen LogP contribution < -0.4 is 5.73 Å². The van der Waals surface area contributed by atoms with Gasteiger partial charge in [0.2, 0.25) is 0 Å². The SMILES string of the molecule is CCN(Cc1ccc(C(=O)OC)cc1)CC(C)C(N)=S. The molecule has 4 nitrogen and oxygen atoms in total. The number of esters is 1. The van der Waals surface area contributed by atoms with E-state index < -0.39 is 0 Å². The Labute approximate surface area is 125 Å². The average molecular weight is 294 g/mol. The zero-order valence-electron chi connectivity index (χ0n) is 12.3. The topological polar surface area (TPSA) is 55.6 Å². The summed E-state index contributed by atoms with van der Waals surface area (Å²) in [6.45, 7) is 6.71. The van der Waals surface area contributed by atoms with Crippen LogP contribution in [0, 0.1) is 5.92 Å². The third-order valence-electron chi connectivity index (χ3n) is 3.25. The molecule has 1 aromatic rings. The normalized spacial score (nSPS) is 12.2. The zero-order valence-corrected chi connectivity index (χ0v) is 13.1. The summed E-state index contributed by atoms with van der Waals surface area (Å²) >= 11 is 5.01. The van der Waals surface area contributed by atoms with Crippen LogP contribution in [-0.4, -0.2) is 36.1 Å². The number of carbonyl (C=O) groups is 1. The summed E-state index contributed by atoms with van der Waals surface area (Å²) in [5.74, 6) is -0.120. The van der Waals surface area contributed by atoms with Crippen LogP contribution >= 0.6 is 12.2 Å². The zero-order chi connectivity index (χ0) is 15.1. The van der Waals surface area contributed by atoms with Crippen molar-refractivity contribution in [2.45, 2.75) is 20.4 Å². The maximum Gasteiger partial charge on any atom is 0.337 e. The van der Waals surface area contributed by atoms with Gasteiger partial charge in [-0.15, -0.1) is 0 Å². The third kappa shape index (κ3) is 4.90. The Hall–Kier alpha value is -1.46. The molecule has 0 aromatic heterocycles. The molecule has 0 aliphatic heterocycles. The van der Waals surface area contributed by atoms with Gasteiger partial charge in [0.25, 0.3) is 0 Å². The summed E-state index contributed by atoms with van der Waals surface area (Å²) in [7, 11) is 1.38. The standard InChI is InChI=1S/C15H22N2O2S/c1-4-17(9-11(2)14(16)20)10-12-5-7-13(8-6-12)15(18)19-3/h5-8,11H,4,9-10H2,1-3H3,(H2,16,20). The van der Waals surface area contributed by atoms with Crippen LogP contribution in [0.3, 0.4) is 0 Å². The van der Waals surface area contributed by atoms with Gasteiger partial charge in [0.15, 0.2) is 0 Å². The molecule has 0 saturated carbocycles. The Bertz CT molecular complexity index is 459. The van der Waals surface area contributed by atoms with Crippen LogP contribution in [0.15, 0.2) is 24.3 Å². The maximum absolute atomic E-state index is 11.4. The molecule has 20 heavy (non-hydrogen) atoms. The molecule has 1 atom stereocenters. The van der Waals surface area contributed by atoms with Gasteiger partial charge in [-0.2, -0.15) is 0 Å². The first-order chi connectivity index (χ1) is 9.47. The number of nitrogens with zero attached hydrogens (tertiary/aromatic N) is 1. The summed E-state index contributed by atoms with van der Waals surface area (Å²) in [5, 5.41) is 0. The third-order valence-corrected chi connectivity index (χ3v) is 3.65. The van der Waals surface area contributed by atoms with Gasteiger partial charge in [0.1, 0.15) is 0 Å². The highest BCUT2D eigenvalue weighted by atomic mass is 32.1. The Kier molecular flexibility index (Phi) is 6.61. The van der Waals surface area contributed by atoms with Gasteiger partial charge in [-0.1, -0.05) is 38.2 Å². The molecule has 0 aliphatic rings. The molecule has 0 aliphatic carbocycles. The first-order valence-corrected chi connectivity index (χ1v) is 7.07. The van der Waals surface area contributed by atoms with E-state index in [1.165, 1.54) is 7.11 Å². The number of rotatable bonds is 7. The van der Waals surface area contributed by atoms with Crippen LogP contribution in [0.2, 0.25) is 0 Å². The van der Waals surface area contributed by atoms with E-state index in [4.69, 9.17) is 18.0 Å². The van der Waals surface area contributed by atoms with Gasteiger partial charge < -0.3 is 10.5 Å². The van der Waals surface area contributed by atoms with Crippen LogP contribution in [-0.2, 0) is 11.3 Å². The summed E-state index contributed by atoms with van der Waals surface area (Å²) in [4.78, 5) is 14.2. The second kappa shape index (κ2) is 7.97. The Morgan fingerprint density at radius 1 is 1.40 bits per heavy atom. The number of hydrogen-bond donors (Lipinski definition) is 1. The molecule has 0 radical (unpaired) electrons. The molecular formula is C15H22N2O2S. The highest BCUT2D eigenvalue weighted by Crippen LogP contribution is 2.10. The summed E-state index contributed by atoms with van der Waals surface area (Å²) in [5.41, 5.74) is 7.37. The number of hydrogen-bond acceptors (Lipinski definition) is 4. The quantitative estimate of drug-likeness (QED) is 0.617. The molecule has 1 rings (SSSR count). The molecule has 0 heterocycles. The predicted octanol–water partition coefficient (Wildman–Crippen LogP) is 2.22. The Morgan fingerprint density at radius 2 is 2.00 bits per heavy atom. The molecule has 2 N–H and O–H groups in total. The maximum atomic E-state index is 11.4. The van der Waals surface area contributed by atoms with Gasteiger partial charge in [-0.25, -0.2) is 4.79 Å². The van der Waals surface area contributed by atoms with E-state index in [-0.39, 0.29) is 11.9 Å². The van der Waals surface area contributed by atoms with E-state index in [0.717, 1.165) is 25.2 Å². The van der Waals surface area contributed by atoms with Crippen molar-refractivity contribution in [3.8, 4) is 0 Å². The van der Waals surface area contributed by atoms with Crippen molar-refractivity contribution in [3.05, 3.63) is 35.4 Å². The number of thiocarbonyl (C=S) groups is 1. The second-order valence-corrected chi connectivity index (χ2v) is 5.29. The molecular weight excluding hydrogens is 272 g/mol. The minimum absolute atomic E-state index is 0.194. The summed E-state index contributed by atoms with van der Waals surface area (Å²) in [6.07, 6.45) is 0. The Balaban J connectivity index is 2.66. The fourth-order valence-electron chi connectivity index (χ4n) is 1.91. The fraction of sp³-hybridized carbons (Fsp3) is 0.467.